The lowest BCUT2D eigenvalue weighted by Crippen LogP contribution is -2.47. The van der Waals surface area contributed by atoms with Gasteiger partial charge in [-0.25, -0.2) is 4.79 Å². The quantitative estimate of drug-likeness (QED) is 0.807. The summed E-state index contributed by atoms with van der Waals surface area (Å²) >= 11 is 0. The van der Waals surface area contributed by atoms with E-state index in [1.54, 1.807) is 4.90 Å². The van der Waals surface area contributed by atoms with Crippen molar-refractivity contribution in [3.8, 4) is 0 Å². The smallest absolute Gasteiger partial charge is 0.325 e. The van der Waals surface area contributed by atoms with E-state index in [1.807, 2.05) is 24.6 Å². The first kappa shape index (κ1) is 15.5. The Morgan fingerprint density at radius 2 is 2.17 bits per heavy atom. The molecule has 0 saturated carbocycles. The molecular weight excluding hydrogens is 298 g/mol. The van der Waals surface area contributed by atoms with Crippen LogP contribution in [0.4, 0.5) is 4.79 Å². The summed E-state index contributed by atoms with van der Waals surface area (Å²) in [5.74, 6) is -0.544. The Hall–Kier alpha value is -2.38. The number of hydrogen-bond acceptors (Lipinski definition) is 4. The summed E-state index contributed by atoms with van der Waals surface area (Å²) in [4.78, 5) is 38.3. The molecule has 124 valence electrons. The minimum atomic E-state index is -0.490. The third-order valence-corrected chi connectivity index (χ3v) is 4.37. The second-order valence-corrected chi connectivity index (χ2v) is 6.15. The number of carbonyl (C=O) groups excluding carboxylic acids is 3. The summed E-state index contributed by atoms with van der Waals surface area (Å²) < 4.78 is 1.97. The number of aryl methyl sites for hydroxylation is 2. The van der Waals surface area contributed by atoms with Crippen LogP contribution < -0.4 is 5.32 Å². The molecule has 8 nitrogen and oxygen atoms in total. The first-order valence-corrected chi connectivity index (χ1v) is 7.84. The van der Waals surface area contributed by atoms with Crippen molar-refractivity contribution in [1.29, 1.82) is 0 Å². The molecule has 1 aromatic heterocycles. The van der Waals surface area contributed by atoms with Crippen molar-refractivity contribution in [3.05, 3.63) is 17.5 Å². The molecule has 1 aromatic rings. The van der Waals surface area contributed by atoms with Crippen molar-refractivity contribution in [3.63, 3.8) is 0 Å². The van der Waals surface area contributed by atoms with Gasteiger partial charge in [-0.3, -0.25) is 19.2 Å². The normalized spacial score (nSPS) is 21.7. The van der Waals surface area contributed by atoms with Crippen molar-refractivity contribution in [2.75, 3.05) is 26.2 Å². The number of piperidine rings is 1. The maximum atomic E-state index is 12.4. The number of hydrogen-bond donors (Lipinski definition) is 1. The van der Waals surface area contributed by atoms with E-state index in [-0.39, 0.29) is 30.9 Å². The van der Waals surface area contributed by atoms with Gasteiger partial charge in [-0.2, -0.15) is 5.10 Å². The molecule has 2 aliphatic heterocycles. The van der Waals surface area contributed by atoms with Crippen LogP contribution in [0.15, 0.2) is 6.07 Å². The molecule has 2 fully saturated rings. The maximum Gasteiger partial charge on any atom is 0.325 e. The van der Waals surface area contributed by atoms with Crippen LogP contribution in [0.5, 0.6) is 0 Å². The molecule has 1 atom stereocenters. The van der Waals surface area contributed by atoms with Crippen LogP contribution in [-0.4, -0.2) is 63.6 Å². The van der Waals surface area contributed by atoms with Gasteiger partial charge in [0.05, 0.1) is 18.3 Å². The average molecular weight is 319 g/mol. The van der Waals surface area contributed by atoms with Crippen LogP contribution in [0.2, 0.25) is 0 Å². The fourth-order valence-corrected chi connectivity index (χ4v) is 3.25. The van der Waals surface area contributed by atoms with Gasteiger partial charge in [0.25, 0.3) is 5.91 Å². The Labute approximate surface area is 134 Å². The Balaban J connectivity index is 1.66. The Morgan fingerprint density at radius 1 is 1.39 bits per heavy atom. The molecule has 3 heterocycles. The topological polar surface area (TPSA) is 87.5 Å². The lowest BCUT2D eigenvalue weighted by atomic mass is 10.1. The molecule has 0 aromatic carbocycles. The van der Waals surface area contributed by atoms with Gasteiger partial charge in [0.15, 0.2) is 0 Å². The molecule has 0 bridgehead atoms. The average Bonchev–Trinajstić information content (AvgIpc) is 3.03. The van der Waals surface area contributed by atoms with Gasteiger partial charge in [-0.05, 0) is 32.8 Å². The first-order chi connectivity index (χ1) is 11.0. The summed E-state index contributed by atoms with van der Waals surface area (Å²) in [5, 5.41) is 6.93. The molecular formula is C15H21N5O3. The Morgan fingerprint density at radius 3 is 2.78 bits per heavy atom. The highest BCUT2D eigenvalue weighted by Gasteiger charge is 2.33. The van der Waals surface area contributed by atoms with Gasteiger partial charge in [-0.1, -0.05) is 0 Å². The van der Waals surface area contributed by atoms with Crippen LogP contribution in [-0.2, 0) is 9.59 Å². The van der Waals surface area contributed by atoms with Gasteiger partial charge in [-0.15, -0.1) is 0 Å². The van der Waals surface area contributed by atoms with E-state index in [1.165, 1.54) is 0 Å². The monoisotopic (exact) mass is 319 g/mol. The molecule has 0 aliphatic carbocycles. The number of urea groups is 1. The summed E-state index contributed by atoms with van der Waals surface area (Å²) in [5.41, 5.74) is 2.04. The van der Waals surface area contributed by atoms with Crippen LogP contribution in [0.25, 0.3) is 0 Å². The van der Waals surface area contributed by atoms with E-state index in [9.17, 15) is 14.4 Å². The van der Waals surface area contributed by atoms with Crippen LogP contribution in [0.3, 0.4) is 0 Å². The number of amides is 4. The van der Waals surface area contributed by atoms with E-state index in [4.69, 9.17) is 0 Å². The predicted molar refractivity (Wildman–Crippen MR) is 81.7 cm³/mol. The molecule has 4 amide bonds. The second kappa shape index (κ2) is 6.02. The van der Waals surface area contributed by atoms with Gasteiger partial charge < -0.3 is 10.2 Å². The molecule has 8 heteroatoms. The van der Waals surface area contributed by atoms with E-state index in [2.05, 4.69) is 10.4 Å². The predicted octanol–water partition coefficient (Wildman–Crippen LogP) is 0.215. The van der Waals surface area contributed by atoms with Crippen molar-refractivity contribution < 1.29 is 14.4 Å². The zero-order chi connectivity index (χ0) is 16.6. The molecule has 23 heavy (non-hydrogen) atoms. The van der Waals surface area contributed by atoms with E-state index >= 15 is 0 Å². The number of carbonyl (C=O) groups is 3. The van der Waals surface area contributed by atoms with Crippen molar-refractivity contribution >= 4 is 17.8 Å². The zero-order valence-electron chi connectivity index (χ0n) is 13.4. The molecule has 0 unspecified atom stereocenters. The lowest BCUT2D eigenvalue weighted by Gasteiger charge is -2.34. The number of aromatic nitrogens is 2. The van der Waals surface area contributed by atoms with Crippen molar-refractivity contribution in [2.45, 2.75) is 32.7 Å². The van der Waals surface area contributed by atoms with E-state index in [0.29, 0.717) is 13.1 Å². The highest BCUT2D eigenvalue weighted by molar-refractivity contribution is 6.04. The lowest BCUT2D eigenvalue weighted by molar-refractivity contribution is -0.137. The third kappa shape index (κ3) is 3.06. The van der Waals surface area contributed by atoms with Gasteiger partial charge in [0.1, 0.15) is 6.54 Å². The van der Waals surface area contributed by atoms with Gasteiger partial charge in [0.2, 0.25) is 5.91 Å². The fraction of sp³-hybridized carbons (Fsp3) is 0.600. The number of nitrogens with zero attached hydrogens (tertiary/aromatic N) is 4. The largest absolute Gasteiger partial charge is 0.339 e. The third-order valence-electron chi connectivity index (χ3n) is 4.37. The summed E-state index contributed by atoms with van der Waals surface area (Å²) in [6.45, 7) is 4.96. The van der Waals surface area contributed by atoms with E-state index in [0.717, 1.165) is 29.1 Å². The Bertz CT molecular complexity index is 638. The molecule has 1 N–H and O–H groups in total. The van der Waals surface area contributed by atoms with Gasteiger partial charge >= 0.3 is 6.03 Å². The minimum absolute atomic E-state index is 0.0273. The Kier molecular flexibility index (Phi) is 4.06. The molecule has 0 spiro atoms. The number of nitrogens with one attached hydrogen (secondary N) is 1. The molecule has 0 radical (unpaired) electrons. The first-order valence-electron chi connectivity index (χ1n) is 7.84. The van der Waals surface area contributed by atoms with Crippen LogP contribution in [0.1, 0.15) is 30.3 Å². The number of imide groups is 1. The standard InChI is InChI=1S/C15H21N5O3/c1-10-6-11(2)20(17-10)12-4-3-5-18(8-12)14(22)9-19-13(21)7-16-15(19)23/h6,12H,3-5,7-9H2,1-2H3,(H,16,23)/t12-/m1/s1. The van der Waals surface area contributed by atoms with Crippen molar-refractivity contribution in [2.24, 2.45) is 0 Å². The number of likely N-dealkylation sites (tertiary alicyclic amines) is 1. The van der Waals surface area contributed by atoms with Gasteiger partial charge in [0, 0.05) is 18.8 Å². The van der Waals surface area contributed by atoms with E-state index < -0.39 is 6.03 Å². The van der Waals surface area contributed by atoms with Crippen molar-refractivity contribution in [1.82, 2.24) is 24.9 Å². The zero-order valence-corrected chi connectivity index (χ0v) is 13.4. The minimum Gasteiger partial charge on any atom is -0.339 e. The van der Waals surface area contributed by atoms with Crippen LogP contribution in [0, 0.1) is 13.8 Å². The molecule has 2 aliphatic rings. The highest BCUT2D eigenvalue weighted by Crippen LogP contribution is 2.23. The van der Waals surface area contributed by atoms with Crippen LogP contribution >= 0.6 is 0 Å². The summed E-state index contributed by atoms with van der Waals surface area (Å²) in [6.07, 6.45) is 1.85. The second-order valence-electron chi connectivity index (χ2n) is 6.15. The highest BCUT2D eigenvalue weighted by atomic mass is 16.2. The maximum absolute atomic E-state index is 12.4. The summed E-state index contributed by atoms with van der Waals surface area (Å²) in [7, 11) is 0. The SMILES string of the molecule is Cc1cc(C)n([C@@H]2CCCN(C(=O)CN3C(=O)CNC3=O)C2)n1. The fourth-order valence-electron chi connectivity index (χ4n) is 3.25. The number of rotatable bonds is 3. The molecule has 3 rings (SSSR count). The molecule has 2 saturated heterocycles. The summed E-state index contributed by atoms with van der Waals surface area (Å²) in [6, 6.07) is 1.67.